The van der Waals surface area contributed by atoms with Crippen LogP contribution in [0.2, 0.25) is 0 Å². The summed E-state index contributed by atoms with van der Waals surface area (Å²) in [6.45, 7) is 6.34. The highest BCUT2D eigenvalue weighted by Crippen LogP contribution is 2.30. The second-order valence-corrected chi connectivity index (χ2v) is 7.54. The molecule has 4 rings (SSSR count). The Morgan fingerprint density at radius 2 is 1.85 bits per heavy atom. The molecule has 0 aliphatic carbocycles. The third kappa shape index (κ3) is 3.17. The zero-order valence-corrected chi connectivity index (χ0v) is 15.3. The van der Waals surface area contributed by atoms with Gasteiger partial charge in [-0.2, -0.15) is 5.26 Å². The molecule has 4 heteroatoms. The van der Waals surface area contributed by atoms with Gasteiger partial charge in [0.15, 0.2) is 0 Å². The van der Waals surface area contributed by atoms with Gasteiger partial charge in [0.05, 0.1) is 6.42 Å². The highest BCUT2D eigenvalue weighted by molar-refractivity contribution is 5.85. The van der Waals surface area contributed by atoms with Crippen molar-refractivity contribution in [1.29, 1.82) is 5.26 Å². The Morgan fingerprint density at radius 1 is 1.12 bits per heavy atom. The standard InChI is InChI=1S/C22H23N3O/c1-15-10-16(2)14-25(13-15)22-20(12-23)24-21(26-22)11-18-8-5-7-17-6-3-4-9-19(17)18/h3-9,15-16H,10-11,13-14H2,1-2H3. The number of anilines is 1. The van der Waals surface area contributed by atoms with Gasteiger partial charge in [-0.3, -0.25) is 0 Å². The number of nitrogens with zero attached hydrogens (tertiary/aromatic N) is 3. The van der Waals surface area contributed by atoms with Crippen molar-refractivity contribution in [2.75, 3.05) is 18.0 Å². The number of hydrogen-bond donors (Lipinski definition) is 0. The van der Waals surface area contributed by atoms with Gasteiger partial charge >= 0.3 is 0 Å². The molecule has 1 aliphatic heterocycles. The molecule has 0 radical (unpaired) electrons. The topological polar surface area (TPSA) is 53.1 Å². The van der Waals surface area contributed by atoms with E-state index < -0.39 is 0 Å². The molecule has 1 saturated heterocycles. The van der Waals surface area contributed by atoms with Crippen LogP contribution in [0.3, 0.4) is 0 Å². The normalized spacial score (nSPS) is 20.3. The Bertz CT molecular complexity index is 954. The maximum absolute atomic E-state index is 9.53. The minimum absolute atomic E-state index is 0.404. The average Bonchev–Trinajstić information content (AvgIpc) is 3.04. The second kappa shape index (κ2) is 6.84. The van der Waals surface area contributed by atoms with E-state index in [-0.39, 0.29) is 0 Å². The van der Waals surface area contributed by atoms with Crippen molar-refractivity contribution < 1.29 is 4.42 Å². The molecular weight excluding hydrogens is 322 g/mol. The van der Waals surface area contributed by atoms with Crippen molar-refractivity contribution in [3.8, 4) is 6.07 Å². The minimum atomic E-state index is 0.404. The Hall–Kier alpha value is -2.80. The molecule has 1 aliphatic rings. The number of hydrogen-bond acceptors (Lipinski definition) is 4. The maximum atomic E-state index is 9.53. The van der Waals surface area contributed by atoms with Gasteiger partial charge in [-0.25, -0.2) is 4.98 Å². The summed E-state index contributed by atoms with van der Waals surface area (Å²) in [4.78, 5) is 6.68. The molecule has 4 nitrogen and oxygen atoms in total. The summed E-state index contributed by atoms with van der Waals surface area (Å²) in [5.41, 5.74) is 1.57. The third-order valence-electron chi connectivity index (χ3n) is 5.14. The fourth-order valence-electron chi connectivity index (χ4n) is 4.16. The van der Waals surface area contributed by atoms with Gasteiger partial charge in [0.25, 0.3) is 0 Å². The summed E-state index contributed by atoms with van der Waals surface area (Å²) in [6, 6.07) is 16.8. The zero-order valence-electron chi connectivity index (χ0n) is 15.3. The molecule has 2 unspecified atom stereocenters. The number of fused-ring (bicyclic) bond motifs is 1. The number of piperidine rings is 1. The first-order valence-corrected chi connectivity index (χ1v) is 9.25. The number of nitriles is 1. The van der Waals surface area contributed by atoms with Gasteiger partial charge in [0, 0.05) is 13.1 Å². The van der Waals surface area contributed by atoms with Crippen molar-refractivity contribution in [2.24, 2.45) is 11.8 Å². The lowest BCUT2D eigenvalue weighted by Gasteiger charge is -2.34. The van der Waals surface area contributed by atoms with Crippen LogP contribution in [0.4, 0.5) is 5.88 Å². The Labute approximate surface area is 154 Å². The molecule has 2 aromatic carbocycles. The van der Waals surface area contributed by atoms with Crippen LogP contribution in [0.5, 0.6) is 0 Å². The molecule has 1 aromatic heterocycles. The molecule has 0 amide bonds. The lowest BCUT2D eigenvalue weighted by atomic mass is 9.92. The van der Waals surface area contributed by atoms with E-state index >= 15 is 0 Å². The smallest absolute Gasteiger partial charge is 0.234 e. The minimum Gasteiger partial charge on any atom is -0.423 e. The molecule has 0 saturated carbocycles. The first kappa shape index (κ1) is 16.7. The van der Waals surface area contributed by atoms with Crippen LogP contribution in [0.15, 0.2) is 46.9 Å². The van der Waals surface area contributed by atoms with E-state index in [0.717, 1.165) is 13.1 Å². The number of aromatic nitrogens is 1. The quantitative estimate of drug-likeness (QED) is 0.686. The van der Waals surface area contributed by atoms with E-state index in [0.29, 0.717) is 35.7 Å². The summed E-state index contributed by atoms with van der Waals surface area (Å²) in [5, 5.41) is 11.9. The fraction of sp³-hybridized carbons (Fsp3) is 0.364. The highest BCUT2D eigenvalue weighted by atomic mass is 16.4. The molecule has 0 spiro atoms. The van der Waals surface area contributed by atoms with E-state index in [2.05, 4.69) is 60.1 Å². The third-order valence-corrected chi connectivity index (χ3v) is 5.14. The highest BCUT2D eigenvalue weighted by Gasteiger charge is 2.27. The molecule has 0 bridgehead atoms. The zero-order chi connectivity index (χ0) is 18.1. The number of rotatable bonds is 3. The van der Waals surface area contributed by atoms with Crippen LogP contribution in [0, 0.1) is 23.2 Å². The molecule has 0 N–H and O–H groups in total. The summed E-state index contributed by atoms with van der Waals surface area (Å²) in [5.74, 6) is 2.44. The average molecular weight is 345 g/mol. The van der Waals surface area contributed by atoms with E-state index in [4.69, 9.17) is 4.42 Å². The molecule has 2 atom stereocenters. The monoisotopic (exact) mass is 345 g/mol. The first-order valence-electron chi connectivity index (χ1n) is 9.25. The van der Waals surface area contributed by atoms with Gasteiger partial charge in [-0.15, -0.1) is 0 Å². The summed E-state index contributed by atoms with van der Waals surface area (Å²) in [7, 11) is 0. The molecular formula is C22H23N3O. The molecule has 1 fully saturated rings. The van der Waals surface area contributed by atoms with E-state index in [1.165, 1.54) is 22.8 Å². The number of benzene rings is 2. The van der Waals surface area contributed by atoms with Gasteiger partial charge in [0.2, 0.25) is 17.5 Å². The SMILES string of the molecule is CC1CC(C)CN(c2oc(Cc3cccc4ccccc34)nc2C#N)C1. The molecule has 3 aromatic rings. The van der Waals surface area contributed by atoms with Gasteiger partial charge in [-0.05, 0) is 34.6 Å². The van der Waals surface area contributed by atoms with Crippen LogP contribution in [0.1, 0.15) is 37.4 Å². The van der Waals surface area contributed by atoms with Crippen LogP contribution in [0.25, 0.3) is 10.8 Å². The largest absolute Gasteiger partial charge is 0.423 e. The van der Waals surface area contributed by atoms with Crippen molar-refractivity contribution in [3.63, 3.8) is 0 Å². The number of oxazole rings is 1. The maximum Gasteiger partial charge on any atom is 0.234 e. The molecule has 132 valence electrons. The fourth-order valence-corrected chi connectivity index (χ4v) is 4.16. The predicted molar refractivity (Wildman–Crippen MR) is 103 cm³/mol. The van der Waals surface area contributed by atoms with Crippen molar-refractivity contribution >= 4 is 16.7 Å². The van der Waals surface area contributed by atoms with Crippen molar-refractivity contribution in [1.82, 2.24) is 4.98 Å². The lowest BCUT2D eigenvalue weighted by Crippen LogP contribution is -2.38. The van der Waals surface area contributed by atoms with E-state index in [9.17, 15) is 5.26 Å². The Morgan fingerprint density at radius 3 is 2.62 bits per heavy atom. The van der Waals surface area contributed by atoms with E-state index in [1.54, 1.807) is 0 Å². The van der Waals surface area contributed by atoms with Crippen LogP contribution < -0.4 is 4.90 Å². The van der Waals surface area contributed by atoms with Gasteiger partial charge in [-0.1, -0.05) is 56.3 Å². The van der Waals surface area contributed by atoms with Crippen molar-refractivity contribution in [3.05, 3.63) is 59.6 Å². The van der Waals surface area contributed by atoms with Crippen LogP contribution in [-0.2, 0) is 6.42 Å². The van der Waals surface area contributed by atoms with Crippen LogP contribution >= 0.6 is 0 Å². The Kier molecular flexibility index (Phi) is 4.38. The van der Waals surface area contributed by atoms with E-state index in [1.807, 2.05) is 12.1 Å². The summed E-state index contributed by atoms with van der Waals surface area (Å²) in [6.07, 6.45) is 1.81. The molecule has 26 heavy (non-hydrogen) atoms. The van der Waals surface area contributed by atoms with Gasteiger partial charge in [0.1, 0.15) is 6.07 Å². The second-order valence-electron chi connectivity index (χ2n) is 7.54. The lowest BCUT2D eigenvalue weighted by molar-refractivity contribution is 0.341. The Balaban J connectivity index is 1.66. The summed E-state index contributed by atoms with van der Waals surface area (Å²) < 4.78 is 6.09. The van der Waals surface area contributed by atoms with Crippen molar-refractivity contribution in [2.45, 2.75) is 26.7 Å². The summed E-state index contributed by atoms with van der Waals surface area (Å²) >= 11 is 0. The first-order chi connectivity index (χ1) is 12.6. The molecule has 2 heterocycles. The van der Waals surface area contributed by atoms with Crippen LogP contribution in [-0.4, -0.2) is 18.1 Å². The predicted octanol–water partition coefficient (Wildman–Crippen LogP) is 4.77. The van der Waals surface area contributed by atoms with Gasteiger partial charge < -0.3 is 9.32 Å².